The van der Waals surface area contributed by atoms with Gasteiger partial charge in [-0.2, -0.15) is 4.98 Å². The van der Waals surface area contributed by atoms with Crippen molar-refractivity contribution in [1.29, 1.82) is 0 Å². The molecule has 0 aliphatic rings. The van der Waals surface area contributed by atoms with Gasteiger partial charge in [0.15, 0.2) is 0 Å². The van der Waals surface area contributed by atoms with Gasteiger partial charge in [-0.05, 0) is 26.0 Å². The molecule has 0 aliphatic carbocycles. The summed E-state index contributed by atoms with van der Waals surface area (Å²) in [5.74, 6) is -0.388. The molecule has 0 bridgehead atoms. The summed E-state index contributed by atoms with van der Waals surface area (Å²) in [5, 5.41) is 13.6. The zero-order valence-corrected chi connectivity index (χ0v) is 9.84. The molecule has 1 N–H and O–H groups in total. The summed E-state index contributed by atoms with van der Waals surface area (Å²) < 4.78 is 4.95. The molecule has 2 rings (SSSR count). The Bertz CT molecular complexity index is 562. The fourth-order valence-electron chi connectivity index (χ4n) is 1.36. The van der Waals surface area contributed by atoms with E-state index in [-0.39, 0.29) is 0 Å². The van der Waals surface area contributed by atoms with E-state index in [0.717, 1.165) is 5.39 Å². The SMILES string of the molecule is CN(c1ccc2cnoc2n1)C(C)(C)C(=O)O. The third kappa shape index (κ3) is 1.82. The van der Waals surface area contributed by atoms with Crippen LogP contribution >= 0.6 is 0 Å². The molecule has 0 radical (unpaired) electrons. The summed E-state index contributed by atoms with van der Waals surface area (Å²) in [7, 11) is 1.68. The van der Waals surface area contributed by atoms with Crippen molar-refractivity contribution in [2.45, 2.75) is 19.4 Å². The molecule has 0 saturated carbocycles. The largest absolute Gasteiger partial charge is 0.480 e. The minimum Gasteiger partial charge on any atom is -0.480 e. The summed E-state index contributed by atoms with van der Waals surface area (Å²) in [4.78, 5) is 16.9. The van der Waals surface area contributed by atoms with Crippen LogP contribution in [0.3, 0.4) is 0 Å². The van der Waals surface area contributed by atoms with E-state index in [4.69, 9.17) is 9.63 Å². The van der Waals surface area contributed by atoms with E-state index in [1.165, 1.54) is 0 Å². The van der Waals surface area contributed by atoms with E-state index in [2.05, 4.69) is 10.1 Å². The molecule has 0 atom stereocenters. The van der Waals surface area contributed by atoms with Gasteiger partial charge < -0.3 is 14.5 Å². The van der Waals surface area contributed by atoms with Gasteiger partial charge in [0.1, 0.15) is 11.4 Å². The lowest BCUT2D eigenvalue weighted by atomic mass is 10.0. The van der Waals surface area contributed by atoms with Crippen LogP contribution in [0.5, 0.6) is 0 Å². The minimum atomic E-state index is -1.04. The smallest absolute Gasteiger partial charge is 0.328 e. The maximum atomic E-state index is 11.1. The van der Waals surface area contributed by atoms with E-state index in [1.54, 1.807) is 44.1 Å². The van der Waals surface area contributed by atoms with Crippen molar-refractivity contribution in [3.05, 3.63) is 18.3 Å². The highest BCUT2D eigenvalue weighted by Gasteiger charge is 2.33. The first-order valence-corrected chi connectivity index (χ1v) is 5.11. The molecule has 0 saturated heterocycles. The van der Waals surface area contributed by atoms with E-state index in [9.17, 15) is 4.79 Å². The fourth-order valence-corrected chi connectivity index (χ4v) is 1.36. The van der Waals surface area contributed by atoms with Gasteiger partial charge in [-0.1, -0.05) is 5.16 Å². The fraction of sp³-hybridized carbons (Fsp3) is 0.364. The van der Waals surface area contributed by atoms with Gasteiger partial charge >= 0.3 is 5.97 Å². The second-order valence-corrected chi connectivity index (χ2v) is 4.31. The number of anilines is 1. The number of aliphatic carboxylic acids is 1. The molecule has 0 aliphatic heterocycles. The van der Waals surface area contributed by atoms with Crippen molar-refractivity contribution in [3.8, 4) is 0 Å². The highest BCUT2D eigenvalue weighted by molar-refractivity contribution is 5.83. The summed E-state index contributed by atoms with van der Waals surface area (Å²) >= 11 is 0. The second-order valence-electron chi connectivity index (χ2n) is 4.31. The number of pyridine rings is 1. The van der Waals surface area contributed by atoms with Crippen LogP contribution in [-0.2, 0) is 4.79 Å². The Balaban J connectivity index is 2.42. The lowest BCUT2D eigenvalue weighted by Gasteiger charge is -2.32. The van der Waals surface area contributed by atoms with Crippen LogP contribution in [0.1, 0.15) is 13.8 Å². The number of nitrogens with zero attached hydrogens (tertiary/aromatic N) is 3. The van der Waals surface area contributed by atoms with E-state index < -0.39 is 11.5 Å². The first kappa shape index (κ1) is 11.4. The topological polar surface area (TPSA) is 79.5 Å². The number of carboxylic acids is 1. The van der Waals surface area contributed by atoms with Crippen LogP contribution in [0.15, 0.2) is 22.9 Å². The molecule has 0 aromatic carbocycles. The molecule has 17 heavy (non-hydrogen) atoms. The predicted octanol–water partition coefficient (Wildman–Crippen LogP) is 1.52. The molecule has 90 valence electrons. The van der Waals surface area contributed by atoms with Crippen molar-refractivity contribution in [3.63, 3.8) is 0 Å². The Morgan fingerprint density at radius 2 is 2.18 bits per heavy atom. The maximum Gasteiger partial charge on any atom is 0.328 e. The molecule has 6 heteroatoms. The van der Waals surface area contributed by atoms with Crippen LogP contribution in [0, 0.1) is 0 Å². The maximum absolute atomic E-state index is 11.1. The summed E-state index contributed by atoms with van der Waals surface area (Å²) in [6.45, 7) is 3.23. The van der Waals surface area contributed by atoms with Crippen molar-refractivity contribution < 1.29 is 14.4 Å². The quantitative estimate of drug-likeness (QED) is 0.868. The Hall–Kier alpha value is -2.11. The van der Waals surface area contributed by atoms with Crippen LogP contribution in [-0.4, -0.2) is 33.8 Å². The van der Waals surface area contributed by atoms with Crippen LogP contribution < -0.4 is 4.90 Å². The van der Waals surface area contributed by atoms with E-state index in [1.807, 2.05) is 0 Å². The van der Waals surface area contributed by atoms with Crippen LogP contribution in [0.25, 0.3) is 11.1 Å². The molecule has 0 amide bonds. The van der Waals surface area contributed by atoms with Crippen molar-refractivity contribution in [2.75, 3.05) is 11.9 Å². The van der Waals surface area contributed by atoms with Gasteiger partial charge in [-0.3, -0.25) is 0 Å². The highest BCUT2D eigenvalue weighted by atomic mass is 16.5. The zero-order valence-electron chi connectivity index (χ0n) is 9.84. The number of likely N-dealkylation sites (N-methyl/N-ethyl adjacent to an activating group) is 1. The van der Waals surface area contributed by atoms with Crippen molar-refractivity contribution in [1.82, 2.24) is 10.1 Å². The molecule has 2 aromatic heterocycles. The number of carbonyl (C=O) groups is 1. The monoisotopic (exact) mass is 235 g/mol. The van der Waals surface area contributed by atoms with Crippen LogP contribution in [0.2, 0.25) is 0 Å². The van der Waals surface area contributed by atoms with Crippen molar-refractivity contribution in [2.24, 2.45) is 0 Å². The third-order valence-corrected chi connectivity index (χ3v) is 2.91. The second kappa shape index (κ2) is 3.73. The first-order chi connectivity index (χ1) is 7.93. The normalized spacial score (nSPS) is 11.7. The van der Waals surface area contributed by atoms with Gasteiger partial charge in [-0.25, -0.2) is 4.79 Å². The Morgan fingerprint density at radius 3 is 2.82 bits per heavy atom. The zero-order chi connectivity index (χ0) is 12.6. The van der Waals surface area contributed by atoms with Gasteiger partial charge in [0.05, 0.1) is 11.6 Å². The van der Waals surface area contributed by atoms with Gasteiger partial charge in [-0.15, -0.1) is 0 Å². The Kier molecular flexibility index (Phi) is 2.49. The molecule has 0 unspecified atom stereocenters. The summed E-state index contributed by atoms with van der Waals surface area (Å²) in [6, 6.07) is 3.53. The molecule has 0 fully saturated rings. The standard InChI is InChI=1S/C11H13N3O3/c1-11(2,10(15)16)14(3)8-5-4-7-6-12-17-9(7)13-8/h4-6H,1-3H3,(H,15,16). The average molecular weight is 235 g/mol. The molecular formula is C11H13N3O3. The number of hydrogen-bond acceptors (Lipinski definition) is 5. The molecule has 2 aromatic rings. The predicted molar refractivity (Wildman–Crippen MR) is 61.9 cm³/mol. The number of rotatable bonds is 3. The van der Waals surface area contributed by atoms with E-state index in [0.29, 0.717) is 11.5 Å². The van der Waals surface area contributed by atoms with Crippen LogP contribution in [0.4, 0.5) is 5.82 Å². The average Bonchev–Trinajstić information content (AvgIpc) is 2.74. The van der Waals surface area contributed by atoms with Gasteiger partial charge in [0.25, 0.3) is 5.71 Å². The number of aromatic nitrogens is 2. The number of fused-ring (bicyclic) bond motifs is 1. The molecular weight excluding hydrogens is 222 g/mol. The Morgan fingerprint density at radius 1 is 1.47 bits per heavy atom. The number of carboxylic acid groups (broad SMARTS) is 1. The first-order valence-electron chi connectivity index (χ1n) is 5.11. The highest BCUT2D eigenvalue weighted by Crippen LogP contribution is 2.23. The van der Waals surface area contributed by atoms with E-state index >= 15 is 0 Å². The van der Waals surface area contributed by atoms with Crippen molar-refractivity contribution >= 4 is 22.9 Å². The molecule has 2 heterocycles. The lowest BCUT2D eigenvalue weighted by Crippen LogP contribution is -2.48. The minimum absolute atomic E-state index is 0.399. The van der Waals surface area contributed by atoms with Gasteiger partial charge in [0, 0.05) is 7.05 Å². The summed E-state index contributed by atoms with van der Waals surface area (Å²) in [5.41, 5.74) is -0.642. The summed E-state index contributed by atoms with van der Waals surface area (Å²) in [6.07, 6.45) is 1.56. The third-order valence-electron chi connectivity index (χ3n) is 2.91. The molecule has 6 nitrogen and oxygen atoms in total. The number of hydrogen-bond donors (Lipinski definition) is 1. The Labute approximate surface area is 97.8 Å². The molecule has 0 spiro atoms. The lowest BCUT2D eigenvalue weighted by molar-refractivity contribution is -0.142. The van der Waals surface area contributed by atoms with Gasteiger partial charge in [0.2, 0.25) is 0 Å².